The van der Waals surface area contributed by atoms with Gasteiger partial charge in [-0.15, -0.1) is 0 Å². The molecule has 0 aliphatic rings. The third kappa shape index (κ3) is 3.65. The van der Waals surface area contributed by atoms with Crippen molar-refractivity contribution in [1.82, 2.24) is 5.32 Å². The highest BCUT2D eigenvalue weighted by Crippen LogP contribution is 2.23. The number of benzene rings is 1. The van der Waals surface area contributed by atoms with Gasteiger partial charge in [0.1, 0.15) is 11.5 Å². The van der Waals surface area contributed by atoms with Gasteiger partial charge < -0.3 is 20.3 Å². The topological polar surface area (TPSA) is 95.9 Å². The summed E-state index contributed by atoms with van der Waals surface area (Å²) >= 11 is 0. The Kier molecular flexibility index (Phi) is 4.53. The van der Waals surface area contributed by atoms with E-state index in [1.54, 1.807) is 6.92 Å². The van der Waals surface area contributed by atoms with Gasteiger partial charge in [-0.3, -0.25) is 9.59 Å². The fourth-order valence-electron chi connectivity index (χ4n) is 1.44. The molecule has 1 unspecified atom stereocenters. The zero-order valence-electron chi connectivity index (χ0n) is 10.1. The van der Waals surface area contributed by atoms with Gasteiger partial charge in [-0.05, 0) is 19.1 Å². The van der Waals surface area contributed by atoms with E-state index < -0.39 is 17.9 Å². The normalized spacial score (nSPS) is 11.7. The molecule has 18 heavy (non-hydrogen) atoms. The third-order valence-electron chi connectivity index (χ3n) is 2.31. The molecule has 3 N–H and O–H groups in total. The first kappa shape index (κ1) is 13.8. The second-order valence-electron chi connectivity index (χ2n) is 3.86. The minimum Gasteiger partial charge on any atom is -0.507 e. The van der Waals surface area contributed by atoms with Gasteiger partial charge in [0.25, 0.3) is 5.91 Å². The van der Waals surface area contributed by atoms with Gasteiger partial charge in [0, 0.05) is 12.1 Å². The van der Waals surface area contributed by atoms with Crippen LogP contribution in [0.15, 0.2) is 18.2 Å². The van der Waals surface area contributed by atoms with Gasteiger partial charge in [-0.2, -0.15) is 0 Å². The van der Waals surface area contributed by atoms with Crippen LogP contribution in [0, 0.1) is 0 Å². The molecular formula is C12H15NO5. The fraction of sp³-hybridized carbons (Fsp3) is 0.333. The molecule has 6 heteroatoms. The van der Waals surface area contributed by atoms with Crippen LogP contribution >= 0.6 is 0 Å². The Morgan fingerprint density at radius 3 is 2.61 bits per heavy atom. The molecule has 0 radical (unpaired) electrons. The molecule has 0 saturated heterocycles. The van der Waals surface area contributed by atoms with E-state index in [4.69, 9.17) is 9.84 Å². The maximum Gasteiger partial charge on any atom is 0.305 e. The van der Waals surface area contributed by atoms with Crippen LogP contribution in [0.4, 0.5) is 0 Å². The highest BCUT2D eigenvalue weighted by molar-refractivity contribution is 5.97. The number of carboxylic acid groups (broad SMARTS) is 1. The Hall–Kier alpha value is -2.24. The van der Waals surface area contributed by atoms with Crippen molar-refractivity contribution in [3.05, 3.63) is 23.8 Å². The lowest BCUT2D eigenvalue weighted by Gasteiger charge is -2.12. The van der Waals surface area contributed by atoms with E-state index in [-0.39, 0.29) is 17.7 Å². The van der Waals surface area contributed by atoms with E-state index in [0.717, 1.165) is 0 Å². The molecule has 1 aromatic rings. The molecule has 0 bridgehead atoms. The summed E-state index contributed by atoms with van der Waals surface area (Å²) in [6.45, 7) is 1.58. The number of carboxylic acids is 1. The SMILES string of the molecule is COc1ccc(C(=O)NC(C)CC(=O)O)c(O)c1. The number of hydrogen-bond acceptors (Lipinski definition) is 4. The number of methoxy groups -OCH3 is 1. The van der Waals surface area contributed by atoms with Gasteiger partial charge >= 0.3 is 5.97 Å². The molecule has 1 amide bonds. The minimum atomic E-state index is -0.998. The molecule has 0 fully saturated rings. The highest BCUT2D eigenvalue weighted by atomic mass is 16.5. The monoisotopic (exact) mass is 253 g/mol. The average Bonchev–Trinajstić information content (AvgIpc) is 2.27. The molecule has 0 aromatic heterocycles. The van der Waals surface area contributed by atoms with Crippen molar-refractivity contribution in [2.24, 2.45) is 0 Å². The van der Waals surface area contributed by atoms with Crippen molar-refractivity contribution in [1.29, 1.82) is 0 Å². The number of carbonyl (C=O) groups is 2. The molecule has 0 aliphatic heterocycles. The van der Waals surface area contributed by atoms with Gasteiger partial charge in [0.15, 0.2) is 0 Å². The first-order valence-electron chi connectivity index (χ1n) is 5.33. The Morgan fingerprint density at radius 1 is 1.44 bits per heavy atom. The molecule has 0 aliphatic carbocycles. The van der Waals surface area contributed by atoms with E-state index in [1.807, 2.05) is 0 Å². The molecule has 6 nitrogen and oxygen atoms in total. The van der Waals surface area contributed by atoms with Gasteiger partial charge in [0.05, 0.1) is 19.1 Å². The number of nitrogens with one attached hydrogen (secondary N) is 1. The smallest absolute Gasteiger partial charge is 0.305 e. The number of rotatable bonds is 5. The van der Waals surface area contributed by atoms with Crippen molar-refractivity contribution >= 4 is 11.9 Å². The third-order valence-corrected chi connectivity index (χ3v) is 2.31. The molecule has 1 rings (SSSR count). The van der Waals surface area contributed by atoms with E-state index in [9.17, 15) is 14.7 Å². The van der Waals surface area contributed by atoms with Gasteiger partial charge in [-0.1, -0.05) is 0 Å². The summed E-state index contributed by atoms with van der Waals surface area (Å²) in [5.41, 5.74) is 0.0769. The van der Waals surface area contributed by atoms with E-state index in [0.29, 0.717) is 5.75 Å². The highest BCUT2D eigenvalue weighted by Gasteiger charge is 2.15. The predicted molar refractivity (Wildman–Crippen MR) is 63.8 cm³/mol. The summed E-state index contributed by atoms with van der Waals surface area (Å²) < 4.78 is 4.89. The second kappa shape index (κ2) is 5.90. The number of aliphatic carboxylic acids is 1. The van der Waals surface area contributed by atoms with Crippen LogP contribution in [0.3, 0.4) is 0 Å². The Morgan fingerprint density at radius 2 is 2.11 bits per heavy atom. The molecule has 1 aromatic carbocycles. The summed E-state index contributed by atoms with van der Waals surface area (Å²) in [4.78, 5) is 22.2. The standard InChI is InChI=1S/C12H15NO5/c1-7(5-11(15)16)13-12(17)9-4-3-8(18-2)6-10(9)14/h3-4,6-7,14H,5H2,1-2H3,(H,13,17)(H,15,16). The van der Waals surface area contributed by atoms with E-state index in [1.165, 1.54) is 25.3 Å². The zero-order chi connectivity index (χ0) is 13.7. The van der Waals surface area contributed by atoms with Crippen molar-refractivity contribution in [3.8, 4) is 11.5 Å². The van der Waals surface area contributed by atoms with Crippen molar-refractivity contribution in [2.45, 2.75) is 19.4 Å². The van der Waals surface area contributed by atoms with Crippen LogP contribution in [-0.4, -0.2) is 35.2 Å². The van der Waals surface area contributed by atoms with Gasteiger partial charge in [0.2, 0.25) is 0 Å². The van der Waals surface area contributed by atoms with Crippen molar-refractivity contribution < 1.29 is 24.5 Å². The van der Waals surface area contributed by atoms with Crippen molar-refractivity contribution in [2.75, 3.05) is 7.11 Å². The number of carbonyl (C=O) groups excluding carboxylic acids is 1. The van der Waals surface area contributed by atoms with Crippen LogP contribution in [0.1, 0.15) is 23.7 Å². The first-order valence-corrected chi connectivity index (χ1v) is 5.33. The number of ether oxygens (including phenoxy) is 1. The zero-order valence-corrected chi connectivity index (χ0v) is 10.1. The van der Waals surface area contributed by atoms with Crippen molar-refractivity contribution in [3.63, 3.8) is 0 Å². The van der Waals surface area contributed by atoms with Crippen LogP contribution in [-0.2, 0) is 4.79 Å². The predicted octanol–water partition coefficient (Wildman–Crippen LogP) is 0.994. The average molecular weight is 253 g/mol. The van der Waals surface area contributed by atoms with E-state index in [2.05, 4.69) is 5.32 Å². The summed E-state index contributed by atoms with van der Waals surface area (Å²) in [6, 6.07) is 3.75. The number of amides is 1. The molecule has 0 spiro atoms. The molecular weight excluding hydrogens is 238 g/mol. The van der Waals surface area contributed by atoms with Crippen LogP contribution in [0.2, 0.25) is 0 Å². The fourth-order valence-corrected chi connectivity index (χ4v) is 1.44. The first-order chi connectivity index (χ1) is 8.43. The lowest BCUT2D eigenvalue weighted by Crippen LogP contribution is -2.34. The van der Waals surface area contributed by atoms with Crippen LogP contribution in [0.5, 0.6) is 11.5 Å². The minimum absolute atomic E-state index is 0.0769. The van der Waals surface area contributed by atoms with E-state index >= 15 is 0 Å². The van der Waals surface area contributed by atoms with Crippen LogP contribution in [0.25, 0.3) is 0 Å². The molecule has 0 heterocycles. The Balaban J connectivity index is 2.75. The lowest BCUT2D eigenvalue weighted by molar-refractivity contribution is -0.137. The molecule has 1 atom stereocenters. The number of aromatic hydroxyl groups is 1. The molecule has 0 saturated carbocycles. The van der Waals surface area contributed by atoms with Gasteiger partial charge in [-0.25, -0.2) is 0 Å². The second-order valence-corrected chi connectivity index (χ2v) is 3.86. The Bertz CT molecular complexity index is 458. The number of hydrogen-bond donors (Lipinski definition) is 3. The summed E-state index contributed by atoms with van der Waals surface area (Å²) in [6.07, 6.45) is -0.178. The van der Waals surface area contributed by atoms with Crippen LogP contribution < -0.4 is 10.1 Å². The lowest BCUT2D eigenvalue weighted by atomic mass is 10.1. The quantitative estimate of drug-likeness (QED) is 0.727. The maximum absolute atomic E-state index is 11.8. The summed E-state index contributed by atoms with van der Waals surface area (Å²) in [5, 5.41) is 20.7. The largest absolute Gasteiger partial charge is 0.507 e. The summed E-state index contributed by atoms with van der Waals surface area (Å²) in [7, 11) is 1.45. The number of phenolic OH excluding ortho intramolecular Hbond substituents is 1. The number of phenols is 1. The summed E-state index contributed by atoms with van der Waals surface area (Å²) in [5.74, 6) is -1.30. The maximum atomic E-state index is 11.8. The Labute approximate surface area is 104 Å². The molecule has 98 valence electrons.